The van der Waals surface area contributed by atoms with Crippen LogP contribution in [-0.4, -0.2) is 56.3 Å². The predicted molar refractivity (Wildman–Crippen MR) is 114 cm³/mol. The number of carbonyl (C=O) groups excluding carboxylic acids is 1. The first-order valence-corrected chi connectivity index (χ1v) is 11.1. The fourth-order valence-corrected chi connectivity index (χ4v) is 4.30. The number of piperazine rings is 1. The second-order valence-electron chi connectivity index (χ2n) is 6.76. The smallest absolute Gasteiger partial charge is 0.260 e. The highest BCUT2D eigenvalue weighted by Gasteiger charge is 2.27. The van der Waals surface area contributed by atoms with E-state index in [0.29, 0.717) is 23.9 Å². The van der Waals surface area contributed by atoms with Crippen molar-refractivity contribution in [2.45, 2.75) is 6.92 Å². The molecular weight excluding hydrogens is 412 g/mol. The average Bonchev–Trinajstić information content (AvgIpc) is 2.73. The molecule has 6 nitrogen and oxygen atoms in total. The molecule has 1 aliphatic heterocycles. The molecule has 1 heterocycles. The number of amides is 1. The normalized spacial score (nSPS) is 15.6. The highest BCUT2D eigenvalue weighted by atomic mass is 35.5. The first-order chi connectivity index (χ1) is 13.8. The van der Waals surface area contributed by atoms with E-state index in [0.717, 1.165) is 11.1 Å². The Morgan fingerprint density at radius 3 is 2.48 bits per heavy atom. The molecule has 2 aromatic rings. The van der Waals surface area contributed by atoms with E-state index in [4.69, 9.17) is 16.3 Å². The minimum atomic E-state index is -3.53. The third-order valence-corrected chi connectivity index (χ3v) is 6.50. The fraction of sp³-hybridized carbons (Fsp3) is 0.286. The molecule has 3 rings (SSSR count). The molecule has 1 aliphatic rings. The Labute approximate surface area is 176 Å². The van der Waals surface area contributed by atoms with Crippen molar-refractivity contribution in [1.29, 1.82) is 0 Å². The number of ether oxygens (including phenoxy) is 1. The van der Waals surface area contributed by atoms with Gasteiger partial charge in [0.2, 0.25) is 10.0 Å². The Morgan fingerprint density at radius 1 is 1.10 bits per heavy atom. The van der Waals surface area contributed by atoms with Crippen LogP contribution in [0.3, 0.4) is 0 Å². The van der Waals surface area contributed by atoms with Gasteiger partial charge in [-0.1, -0.05) is 48.0 Å². The number of sulfonamides is 1. The van der Waals surface area contributed by atoms with Crippen molar-refractivity contribution in [2.75, 3.05) is 32.8 Å². The highest BCUT2D eigenvalue weighted by Crippen LogP contribution is 2.25. The minimum Gasteiger partial charge on any atom is -0.482 e. The van der Waals surface area contributed by atoms with Crippen LogP contribution in [0.2, 0.25) is 5.02 Å². The summed E-state index contributed by atoms with van der Waals surface area (Å²) in [6.07, 6.45) is 1.58. The first-order valence-electron chi connectivity index (χ1n) is 9.25. The molecule has 1 saturated heterocycles. The van der Waals surface area contributed by atoms with Crippen LogP contribution in [0.4, 0.5) is 0 Å². The molecule has 0 saturated carbocycles. The van der Waals surface area contributed by atoms with Crippen LogP contribution < -0.4 is 4.74 Å². The van der Waals surface area contributed by atoms with Gasteiger partial charge in [0.1, 0.15) is 5.75 Å². The summed E-state index contributed by atoms with van der Waals surface area (Å²) in [6.45, 7) is 2.92. The highest BCUT2D eigenvalue weighted by molar-refractivity contribution is 7.92. The summed E-state index contributed by atoms with van der Waals surface area (Å²) in [4.78, 5) is 14.0. The quantitative estimate of drug-likeness (QED) is 0.700. The minimum absolute atomic E-state index is 0.135. The molecule has 29 heavy (non-hydrogen) atoms. The molecule has 0 radical (unpaired) electrons. The lowest BCUT2D eigenvalue weighted by molar-refractivity contribution is -0.134. The maximum Gasteiger partial charge on any atom is 0.260 e. The van der Waals surface area contributed by atoms with E-state index in [1.54, 1.807) is 23.1 Å². The van der Waals surface area contributed by atoms with E-state index >= 15 is 0 Å². The monoisotopic (exact) mass is 434 g/mol. The summed E-state index contributed by atoms with van der Waals surface area (Å²) in [7, 11) is -3.53. The molecule has 8 heteroatoms. The third-order valence-electron chi connectivity index (χ3n) is 4.62. The number of carbonyl (C=O) groups is 1. The Balaban J connectivity index is 1.52. The van der Waals surface area contributed by atoms with Crippen molar-refractivity contribution in [3.63, 3.8) is 0 Å². The summed E-state index contributed by atoms with van der Waals surface area (Å²) in [5.41, 5.74) is 1.80. The van der Waals surface area contributed by atoms with Gasteiger partial charge in [0.25, 0.3) is 5.91 Å². The second kappa shape index (κ2) is 9.43. The van der Waals surface area contributed by atoms with E-state index in [1.165, 1.54) is 9.71 Å². The predicted octanol–water partition coefficient (Wildman–Crippen LogP) is 3.17. The molecule has 0 spiro atoms. The summed E-state index contributed by atoms with van der Waals surface area (Å²) in [6, 6.07) is 14.6. The SMILES string of the molecule is Cc1ccc(Cl)c(OCC(=O)N2CCN(S(=O)(=O)/C=C/c3ccccc3)CC2)c1. The zero-order chi connectivity index (χ0) is 20.9. The molecule has 0 atom stereocenters. The third kappa shape index (κ3) is 5.82. The maximum absolute atomic E-state index is 12.5. The van der Waals surface area contributed by atoms with Crippen molar-refractivity contribution in [1.82, 2.24) is 9.21 Å². The molecule has 2 aromatic carbocycles. The number of rotatable bonds is 6. The van der Waals surface area contributed by atoms with E-state index in [2.05, 4.69) is 0 Å². The molecule has 1 fully saturated rings. The lowest BCUT2D eigenvalue weighted by atomic mass is 10.2. The molecule has 0 N–H and O–H groups in total. The number of benzene rings is 2. The van der Waals surface area contributed by atoms with Crippen LogP contribution >= 0.6 is 11.6 Å². The summed E-state index contributed by atoms with van der Waals surface area (Å²) in [5, 5.41) is 1.66. The van der Waals surface area contributed by atoms with Gasteiger partial charge in [-0.05, 0) is 36.3 Å². The molecule has 0 aliphatic carbocycles. The van der Waals surface area contributed by atoms with Crippen LogP contribution in [0.1, 0.15) is 11.1 Å². The van der Waals surface area contributed by atoms with Crippen molar-refractivity contribution in [2.24, 2.45) is 0 Å². The van der Waals surface area contributed by atoms with Crippen LogP contribution in [-0.2, 0) is 14.8 Å². The molecular formula is C21H23ClN2O4S. The van der Waals surface area contributed by atoms with Crippen molar-refractivity contribution in [3.05, 3.63) is 70.1 Å². The molecule has 0 bridgehead atoms. The first kappa shape index (κ1) is 21.4. The van der Waals surface area contributed by atoms with Gasteiger partial charge >= 0.3 is 0 Å². The Bertz CT molecular complexity index is 985. The van der Waals surface area contributed by atoms with Crippen molar-refractivity contribution in [3.8, 4) is 5.75 Å². The fourth-order valence-electron chi connectivity index (χ4n) is 2.96. The average molecular weight is 435 g/mol. The lowest BCUT2D eigenvalue weighted by Gasteiger charge is -2.33. The standard InChI is InChI=1S/C21H23ClN2O4S/c1-17-7-8-19(22)20(15-17)28-16-21(25)23-10-12-24(13-11-23)29(26,27)14-9-18-5-3-2-4-6-18/h2-9,14-15H,10-13,16H2,1H3/b14-9+. The van der Waals surface area contributed by atoms with Gasteiger partial charge in [-0.25, -0.2) is 8.42 Å². The van der Waals surface area contributed by atoms with E-state index in [1.807, 2.05) is 43.3 Å². The second-order valence-corrected chi connectivity index (χ2v) is 8.99. The number of aryl methyl sites for hydroxylation is 1. The van der Waals surface area contributed by atoms with Gasteiger partial charge in [-0.15, -0.1) is 0 Å². The van der Waals surface area contributed by atoms with Crippen LogP contribution in [0.15, 0.2) is 53.9 Å². The van der Waals surface area contributed by atoms with E-state index in [-0.39, 0.29) is 25.6 Å². The van der Waals surface area contributed by atoms with E-state index in [9.17, 15) is 13.2 Å². The van der Waals surface area contributed by atoms with Crippen LogP contribution in [0, 0.1) is 6.92 Å². The Hall–Kier alpha value is -2.35. The molecule has 0 unspecified atom stereocenters. The van der Waals surface area contributed by atoms with Crippen LogP contribution in [0.5, 0.6) is 5.75 Å². The Morgan fingerprint density at radius 2 is 1.79 bits per heavy atom. The van der Waals surface area contributed by atoms with Gasteiger partial charge < -0.3 is 9.64 Å². The van der Waals surface area contributed by atoms with Crippen LogP contribution in [0.25, 0.3) is 6.08 Å². The topological polar surface area (TPSA) is 66.9 Å². The van der Waals surface area contributed by atoms with Crippen molar-refractivity contribution < 1.29 is 17.9 Å². The summed E-state index contributed by atoms with van der Waals surface area (Å²) in [5.74, 6) is 0.270. The summed E-state index contributed by atoms with van der Waals surface area (Å²) < 4.78 is 32.0. The Kier molecular flexibility index (Phi) is 6.95. The largest absolute Gasteiger partial charge is 0.482 e. The lowest BCUT2D eigenvalue weighted by Crippen LogP contribution is -2.51. The van der Waals surface area contributed by atoms with E-state index < -0.39 is 10.0 Å². The van der Waals surface area contributed by atoms with Gasteiger partial charge in [-0.2, -0.15) is 4.31 Å². The zero-order valence-electron chi connectivity index (χ0n) is 16.1. The number of nitrogens with zero attached hydrogens (tertiary/aromatic N) is 2. The molecule has 1 amide bonds. The van der Waals surface area contributed by atoms with Gasteiger partial charge in [0.05, 0.1) is 5.02 Å². The number of halogens is 1. The zero-order valence-corrected chi connectivity index (χ0v) is 17.7. The van der Waals surface area contributed by atoms with Gasteiger partial charge in [-0.3, -0.25) is 4.79 Å². The maximum atomic E-state index is 12.5. The summed E-state index contributed by atoms with van der Waals surface area (Å²) >= 11 is 6.08. The molecule has 154 valence electrons. The van der Waals surface area contributed by atoms with Crippen molar-refractivity contribution >= 4 is 33.6 Å². The number of hydrogen-bond donors (Lipinski definition) is 0. The van der Waals surface area contributed by atoms with Gasteiger partial charge in [0, 0.05) is 31.6 Å². The number of hydrogen-bond acceptors (Lipinski definition) is 4. The van der Waals surface area contributed by atoms with Gasteiger partial charge in [0.15, 0.2) is 6.61 Å². The molecule has 0 aromatic heterocycles.